The number of nitrogens with two attached hydrogens (primary N) is 1. The van der Waals surface area contributed by atoms with Gasteiger partial charge in [0.15, 0.2) is 0 Å². The van der Waals surface area contributed by atoms with Crippen molar-refractivity contribution < 1.29 is 0 Å². The summed E-state index contributed by atoms with van der Waals surface area (Å²) in [5, 5.41) is 0. The molecule has 0 aliphatic carbocycles. The maximum atomic E-state index is 5.68. The Morgan fingerprint density at radius 1 is 0.947 bits per heavy atom. The summed E-state index contributed by atoms with van der Waals surface area (Å²) in [7, 11) is 2.11. The van der Waals surface area contributed by atoms with E-state index in [1.165, 1.54) is 22.4 Å². The monoisotopic (exact) mass is 254 g/mol. The first-order valence-corrected chi connectivity index (χ1v) is 6.81. The van der Waals surface area contributed by atoms with Gasteiger partial charge in [-0.25, -0.2) is 0 Å². The SMILES string of the molecule is CCc1ccc(CN(C)c2cccc(CN)c2)cc1. The van der Waals surface area contributed by atoms with Crippen LogP contribution in [0, 0.1) is 0 Å². The van der Waals surface area contributed by atoms with Crippen LogP contribution in [0.5, 0.6) is 0 Å². The quantitative estimate of drug-likeness (QED) is 0.886. The molecule has 2 nitrogen and oxygen atoms in total. The van der Waals surface area contributed by atoms with Gasteiger partial charge in [0.1, 0.15) is 0 Å². The summed E-state index contributed by atoms with van der Waals surface area (Å²) in [4.78, 5) is 2.25. The van der Waals surface area contributed by atoms with Crippen LogP contribution in [-0.4, -0.2) is 7.05 Å². The predicted molar refractivity (Wildman–Crippen MR) is 82.3 cm³/mol. The van der Waals surface area contributed by atoms with Gasteiger partial charge >= 0.3 is 0 Å². The molecule has 0 bridgehead atoms. The van der Waals surface area contributed by atoms with Crippen molar-refractivity contribution >= 4 is 5.69 Å². The highest BCUT2D eigenvalue weighted by Crippen LogP contribution is 2.17. The summed E-state index contributed by atoms with van der Waals surface area (Å²) in [6, 6.07) is 17.2. The number of aryl methyl sites for hydroxylation is 1. The van der Waals surface area contributed by atoms with Gasteiger partial charge in [-0.05, 0) is 35.2 Å². The molecule has 2 aromatic rings. The lowest BCUT2D eigenvalue weighted by Crippen LogP contribution is -2.16. The van der Waals surface area contributed by atoms with E-state index in [4.69, 9.17) is 5.73 Å². The van der Waals surface area contributed by atoms with Gasteiger partial charge in [0.2, 0.25) is 0 Å². The van der Waals surface area contributed by atoms with Crippen molar-refractivity contribution in [2.24, 2.45) is 5.73 Å². The lowest BCUT2D eigenvalue weighted by Gasteiger charge is -2.20. The predicted octanol–water partition coefficient (Wildman–Crippen LogP) is 3.34. The molecule has 2 N–H and O–H groups in total. The average molecular weight is 254 g/mol. The topological polar surface area (TPSA) is 29.3 Å². The molecule has 100 valence electrons. The minimum absolute atomic E-state index is 0.590. The molecule has 0 aliphatic rings. The van der Waals surface area contributed by atoms with Crippen molar-refractivity contribution in [1.82, 2.24) is 0 Å². The molecule has 0 aliphatic heterocycles. The second kappa shape index (κ2) is 6.39. The van der Waals surface area contributed by atoms with Crippen molar-refractivity contribution in [3.05, 3.63) is 65.2 Å². The van der Waals surface area contributed by atoms with Gasteiger partial charge in [0.05, 0.1) is 0 Å². The van der Waals surface area contributed by atoms with E-state index in [0.717, 1.165) is 13.0 Å². The fourth-order valence-corrected chi connectivity index (χ4v) is 2.17. The molecule has 19 heavy (non-hydrogen) atoms. The Labute approximate surface area is 115 Å². The van der Waals surface area contributed by atoms with Gasteiger partial charge in [-0.15, -0.1) is 0 Å². The molecule has 0 unspecified atom stereocenters. The normalized spacial score (nSPS) is 10.5. The van der Waals surface area contributed by atoms with E-state index in [9.17, 15) is 0 Å². The molecular formula is C17H22N2. The second-order valence-corrected chi connectivity index (χ2v) is 4.90. The first-order valence-electron chi connectivity index (χ1n) is 6.81. The van der Waals surface area contributed by atoms with Crippen LogP contribution in [0.4, 0.5) is 5.69 Å². The second-order valence-electron chi connectivity index (χ2n) is 4.90. The van der Waals surface area contributed by atoms with E-state index >= 15 is 0 Å². The van der Waals surface area contributed by atoms with Gasteiger partial charge in [0, 0.05) is 25.8 Å². The zero-order chi connectivity index (χ0) is 13.7. The molecule has 2 heteroatoms. The van der Waals surface area contributed by atoms with Crippen molar-refractivity contribution in [2.45, 2.75) is 26.4 Å². The Kier molecular flexibility index (Phi) is 4.58. The molecule has 0 radical (unpaired) electrons. The van der Waals surface area contributed by atoms with E-state index in [-0.39, 0.29) is 0 Å². The largest absolute Gasteiger partial charge is 0.370 e. The van der Waals surface area contributed by atoms with Crippen LogP contribution in [0.1, 0.15) is 23.6 Å². The Balaban J connectivity index is 2.08. The first-order chi connectivity index (χ1) is 9.22. The molecule has 0 spiro atoms. The van der Waals surface area contributed by atoms with Crippen LogP contribution in [0.15, 0.2) is 48.5 Å². The summed E-state index contributed by atoms with van der Waals surface area (Å²) < 4.78 is 0. The van der Waals surface area contributed by atoms with Crippen molar-refractivity contribution in [3.8, 4) is 0 Å². The highest BCUT2D eigenvalue weighted by Gasteiger charge is 2.03. The minimum atomic E-state index is 0.590. The zero-order valence-electron chi connectivity index (χ0n) is 11.8. The van der Waals surface area contributed by atoms with E-state index in [0.29, 0.717) is 6.54 Å². The van der Waals surface area contributed by atoms with Crippen LogP contribution in [0.25, 0.3) is 0 Å². The third-order valence-electron chi connectivity index (χ3n) is 3.44. The third kappa shape index (κ3) is 3.58. The molecule has 0 atom stereocenters. The number of hydrogen-bond acceptors (Lipinski definition) is 2. The molecule has 0 aromatic heterocycles. The molecule has 0 heterocycles. The van der Waals surface area contributed by atoms with E-state index < -0.39 is 0 Å². The van der Waals surface area contributed by atoms with E-state index in [1.54, 1.807) is 0 Å². The van der Waals surface area contributed by atoms with Crippen molar-refractivity contribution in [1.29, 1.82) is 0 Å². The summed E-state index contributed by atoms with van der Waals surface area (Å²) in [5.74, 6) is 0. The van der Waals surface area contributed by atoms with E-state index in [1.807, 2.05) is 0 Å². The molecule has 2 aromatic carbocycles. The average Bonchev–Trinajstić information content (AvgIpc) is 2.48. The standard InChI is InChI=1S/C17H22N2/c1-3-14-7-9-15(10-8-14)13-19(2)17-6-4-5-16(11-17)12-18/h4-11H,3,12-13,18H2,1-2H3. The molecule has 0 saturated carbocycles. The fourth-order valence-electron chi connectivity index (χ4n) is 2.17. The maximum Gasteiger partial charge on any atom is 0.0426 e. The lowest BCUT2D eigenvalue weighted by molar-refractivity contribution is 0.917. The number of hydrogen-bond donors (Lipinski definition) is 1. The van der Waals surface area contributed by atoms with Gasteiger partial charge in [0.25, 0.3) is 0 Å². The van der Waals surface area contributed by atoms with Crippen LogP contribution in [-0.2, 0) is 19.5 Å². The van der Waals surface area contributed by atoms with Crippen LogP contribution in [0.2, 0.25) is 0 Å². The van der Waals surface area contributed by atoms with Crippen LogP contribution in [0.3, 0.4) is 0 Å². The molecule has 0 fully saturated rings. The molecule has 2 rings (SSSR count). The number of benzene rings is 2. The Morgan fingerprint density at radius 3 is 2.26 bits per heavy atom. The smallest absolute Gasteiger partial charge is 0.0426 e. The Hall–Kier alpha value is -1.80. The number of rotatable bonds is 5. The molecule has 0 saturated heterocycles. The summed E-state index contributed by atoms with van der Waals surface area (Å²) in [6.07, 6.45) is 1.09. The van der Waals surface area contributed by atoms with Crippen molar-refractivity contribution in [2.75, 3.05) is 11.9 Å². The van der Waals surface area contributed by atoms with Crippen LogP contribution >= 0.6 is 0 Å². The van der Waals surface area contributed by atoms with Crippen LogP contribution < -0.4 is 10.6 Å². The third-order valence-corrected chi connectivity index (χ3v) is 3.44. The molecule has 0 amide bonds. The Morgan fingerprint density at radius 2 is 1.63 bits per heavy atom. The van der Waals surface area contributed by atoms with E-state index in [2.05, 4.69) is 67.4 Å². The van der Waals surface area contributed by atoms with Gasteiger partial charge in [-0.2, -0.15) is 0 Å². The molecular weight excluding hydrogens is 232 g/mol. The summed E-state index contributed by atoms with van der Waals surface area (Å²) >= 11 is 0. The fraction of sp³-hybridized carbons (Fsp3) is 0.294. The van der Waals surface area contributed by atoms with Gasteiger partial charge in [-0.3, -0.25) is 0 Å². The number of nitrogens with zero attached hydrogens (tertiary/aromatic N) is 1. The Bertz CT molecular complexity index is 517. The maximum absolute atomic E-state index is 5.68. The van der Waals surface area contributed by atoms with Crippen molar-refractivity contribution in [3.63, 3.8) is 0 Å². The zero-order valence-corrected chi connectivity index (χ0v) is 11.8. The first kappa shape index (κ1) is 13.6. The summed E-state index contributed by atoms with van der Waals surface area (Å²) in [6.45, 7) is 3.68. The highest BCUT2D eigenvalue weighted by molar-refractivity contribution is 5.48. The summed E-state index contributed by atoms with van der Waals surface area (Å²) in [5.41, 5.74) is 10.8. The highest BCUT2D eigenvalue weighted by atomic mass is 15.1. The van der Waals surface area contributed by atoms with Gasteiger partial charge in [-0.1, -0.05) is 43.3 Å². The number of anilines is 1. The van der Waals surface area contributed by atoms with Gasteiger partial charge < -0.3 is 10.6 Å². The minimum Gasteiger partial charge on any atom is -0.370 e. The lowest BCUT2D eigenvalue weighted by atomic mass is 10.1.